The molecule has 0 amide bonds. The van der Waals surface area contributed by atoms with E-state index in [4.69, 9.17) is 10.5 Å². The van der Waals surface area contributed by atoms with E-state index in [-0.39, 0.29) is 0 Å². The fourth-order valence-corrected chi connectivity index (χ4v) is 1.81. The summed E-state index contributed by atoms with van der Waals surface area (Å²) in [5.74, 6) is 1.33. The summed E-state index contributed by atoms with van der Waals surface area (Å²) in [7, 11) is 1.63. The molecular weight excluding hydrogens is 258 g/mol. The molecule has 0 unspecified atom stereocenters. The number of H-pyrrole nitrogens is 1. The first-order valence-electron chi connectivity index (χ1n) is 4.35. The smallest absolute Gasteiger partial charge is 0.126 e. The Morgan fingerprint density at radius 3 is 2.80 bits per heavy atom. The van der Waals surface area contributed by atoms with Gasteiger partial charge in [-0.15, -0.1) is 0 Å². The molecule has 5 heteroatoms. The normalized spacial score (nSPS) is 10.3. The predicted molar refractivity (Wildman–Crippen MR) is 62.7 cm³/mol. The van der Waals surface area contributed by atoms with Gasteiger partial charge in [-0.2, -0.15) is 5.10 Å². The molecule has 78 valence electrons. The van der Waals surface area contributed by atoms with E-state index in [2.05, 4.69) is 26.1 Å². The third-order valence-electron chi connectivity index (χ3n) is 2.13. The van der Waals surface area contributed by atoms with E-state index in [0.717, 1.165) is 21.3 Å². The van der Waals surface area contributed by atoms with E-state index in [9.17, 15) is 0 Å². The first-order valence-corrected chi connectivity index (χ1v) is 5.14. The minimum Gasteiger partial charge on any atom is -0.497 e. The maximum absolute atomic E-state index is 5.75. The molecule has 0 radical (unpaired) electrons. The summed E-state index contributed by atoms with van der Waals surface area (Å²) in [5.41, 5.74) is 7.57. The maximum Gasteiger partial charge on any atom is 0.126 e. The van der Waals surface area contributed by atoms with Gasteiger partial charge in [-0.1, -0.05) is 15.9 Å². The van der Waals surface area contributed by atoms with Gasteiger partial charge in [0.15, 0.2) is 0 Å². The van der Waals surface area contributed by atoms with E-state index in [1.165, 1.54) is 0 Å². The standard InChI is InChI=1S/C10H10BrN3O/c1-15-6-2-3-9(11)7(4-6)8-5-13-14-10(8)12/h2-5H,1H3,(H3,12,13,14). The molecule has 1 aromatic heterocycles. The van der Waals surface area contributed by atoms with Crippen molar-refractivity contribution in [1.82, 2.24) is 10.2 Å². The zero-order valence-corrected chi connectivity index (χ0v) is 9.71. The third kappa shape index (κ3) is 1.83. The summed E-state index contributed by atoms with van der Waals surface area (Å²) in [4.78, 5) is 0. The second kappa shape index (κ2) is 3.94. The molecule has 0 aliphatic carbocycles. The van der Waals surface area contributed by atoms with E-state index in [1.807, 2.05) is 18.2 Å². The van der Waals surface area contributed by atoms with Crippen molar-refractivity contribution in [2.45, 2.75) is 0 Å². The highest BCUT2D eigenvalue weighted by atomic mass is 79.9. The molecule has 2 aromatic rings. The van der Waals surface area contributed by atoms with Gasteiger partial charge in [-0.25, -0.2) is 0 Å². The Hall–Kier alpha value is -1.49. The molecule has 1 aromatic carbocycles. The van der Waals surface area contributed by atoms with Crippen LogP contribution >= 0.6 is 15.9 Å². The molecular formula is C10H10BrN3O. The molecule has 0 atom stereocenters. The number of aromatic nitrogens is 2. The van der Waals surface area contributed by atoms with Crippen molar-refractivity contribution in [3.8, 4) is 16.9 Å². The van der Waals surface area contributed by atoms with E-state index < -0.39 is 0 Å². The number of nitrogens with zero attached hydrogens (tertiary/aromatic N) is 1. The summed E-state index contributed by atoms with van der Waals surface area (Å²) in [5, 5.41) is 6.58. The second-order valence-electron chi connectivity index (χ2n) is 3.04. The number of nitrogens with two attached hydrogens (primary N) is 1. The van der Waals surface area contributed by atoms with Crippen molar-refractivity contribution < 1.29 is 4.74 Å². The first kappa shape index (κ1) is 10.0. The number of aromatic amines is 1. The lowest BCUT2D eigenvalue weighted by Crippen LogP contribution is -1.89. The van der Waals surface area contributed by atoms with Crippen LogP contribution in [-0.2, 0) is 0 Å². The van der Waals surface area contributed by atoms with Crippen LogP contribution in [0.4, 0.5) is 5.82 Å². The average Bonchev–Trinajstić information content (AvgIpc) is 2.65. The molecule has 0 saturated carbocycles. The van der Waals surface area contributed by atoms with E-state index >= 15 is 0 Å². The number of benzene rings is 1. The lowest BCUT2D eigenvalue weighted by molar-refractivity contribution is 0.415. The number of hydrogen-bond donors (Lipinski definition) is 2. The minimum absolute atomic E-state index is 0.545. The van der Waals surface area contributed by atoms with Gasteiger partial charge >= 0.3 is 0 Å². The summed E-state index contributed by atoms with van der Waals surface area (Å²) in [6.07, 6.45) is 1.69. The monoisotopic (exact) mass is 267 g/mol. The Bertz CT molecular complexity index is 481. The number of hydrogen-bond acceptors (Lipinski definition) is 3. The maximum atomic E-state index is 5.75. The molecule has 0 saturated heterocycles. The van der Waals surface area contributed by atoms with Crippen LogP contribution in [0.5, 0.6) is 5.75 Å². The quantitative estimate of drug-likeness (QED) is 0.879. The van der Waals surface area contributed by atoms with Gasteiger partial charge in [0.05, 0.1) is 13.3 Å². The van der Waals surface area contributed by atoms with E-state index in [0.29, 0.717) is 5.82 Å². The summed E-state index contributed by atoms with van der Waals surface area (Å²) >= 11 is 3.46. The summed E-state index contributed by atoms with van der Waals surface area (Å²) < 4.78 is 6.11. The molecule has 2 rings (SSSR count). The molecule has 15 heavy (non-hydrogen) atoms. The number of methoxy groups -OCH3 is 1. The SMILES string of the molecule is COc1ccc(Br)c(-c2cn[nH]c2N)c1. The van der Waals surface area contributed by atoms with E-state index in [1.54, 1.807) is 13.3 Å². The Labute approximate surface area is 95.6 Å². The van der Waals surface area contributed by atoms with Gasteiger partial charge in [-0.05, 0) is 18.2 Å². The van der Waals surface area contributed by atoms with Gasteiger partial charge < -0.3 is 10.5 Å². The van der Waals surface area contributed by atoms with Crippen LogP contribution in [0.15, 0.2) is 28.9 Å². The zero-order chi connectivity index (χ0) is 10.8. The Balaban J connectivity index is 2.56. The highest BCUT2D eigenvalue weighted by Crippen LogP contribution is 2.33. The van der Waals surface area contributed by atoms with Crippen LogP contribution in [0.1, 0.15) is 0 Å². The van der Waals surface area contributed by atoms with Gasteiger partial charge in [-0.3, -0.25) is 5.10 Å². The molecule has 0 fully saturated rings. The number of anilines is 1. The van der Waals surface area contributed by atoms with Gasteiger partial charge in [0.25, 0.3) is 0 Å². The lowest BCUT2D eigenvalue weighted by atomic mass is 10.1. The number of nitrogens with one attached hydrogen (secondary N) is 1. The fraction of sp³-hybridized carbons (Fsp3) is 0.100. The highest BCUT2D eigenvalue weighted by Gasteiger charge is 2.09. The number of nitrogen functional groups attached to an aromatic ring is 1. The number of halogens is 1. The zero-order valence-electron chi connectivity index (χ0n) is 8.12. The molecule has 3 N–H and O–H groups in total. The molecule has 4 nitrogen and oxygen atoms in total. The molecule has 0 aliphatic heterocycles. The van der Waals surface area contributed by atoms with Crippen molar-refractivity contribution in [3.05, 3.63) is 28.9 Å². The Morgan fingerprint density at radius 2 is 2.20 bits per heavy atom. The van der Waals surface area contributed by atoms with Crippen molar-refractivity contribution in [1.29, 1.82) is 0 Å². The van der Waals surface area contributed by atoms with Crippen LogP contribution in [0.2, 0.25) is 0 Å². The first-order chi connectivity index (χ1) is 7.22. The van der Waals surface area contributed by atoms with Gasteiger partial charge in [0.2, 0.25) is 0 Å². The van der Waals surface area contributed by atoms with Gasteiger partial charge in [0.1, 0.15) is 11.6 Å². The van der Waals surface area contributed by atoms with Crippen LogP contribution in [-0.4, -0.2) is 17.3 Å². The van der Waals surface area contributed by atoms with Crippen LogP contribution < -0.4 is 10.5 Å². The largest absolute Gasteiger partial charge is 0.497 e. The Morgan fingerprint density at radius 1 is 1.40 bits per heavy atom. The topological polar surface area (TPSA) is 63.9 Å². The van der Waals surface area contributed by atoms with Gasteiger partial charge in [0, 0.05) is 15.6 Å². The lowest BCUT2D eigenvalue weighted by Gasteiger charge is -2.06. The van der Waals surface area contributed by atoms with Crippen LogP contribution in [0.25, 0.3) is 11.1 Å². The molecule has 1 heterocycles. The average molecular weight is 268 g/mol. The van der Waals surface area contributed by atoms with Crippen molar-refractivity contribution in [2.24, 2.45) is 0 Å². The number of ether oxygens (including phenoxy) is 1. The second-order valence-corrected chi connectivity index (χ2v) is 3.90. The summed E-state index contributed by atoms with van der Waals surface area (Å²) in [6, 6.07) is 5.70. The Kier molecular flexibility index (Phi) is 2.64. The van der Waals surface area contributed by atoms with Crippen LogP contribution in [0.3, 0.4) is 0 Å². The van der Waals surface area contributed by atoms with Crippen molar-refractivity contribution in [2.75, 3.05) is 12.8 Å². The molecule has 0 aliphatic rings. The highest BCUT2D eigenvalue weighted by molar-refractivity contribution is 9.10. The molecule has 0 spiro atoms. The third-order valence-corrected chi connectivity index (χ3v) is 2.82. The van der Waals surface area contributed by atoms with Crippen molar-refractivity contribution >= 4 is 21.7 Å². The summed E-state index contributed by atoms with van der Waals surface area (Å²) in [6.45, 7) is 0. The predicted octanol–water partition coefficient (Wildman–Crippen LogP) is 2.43. The number of rotatable bonds is 2. The minimum atomic E-state index is 0.545. The van der Waals surface area contributed by atoms with Crippen LogP contribution in [0, 0.1) is 0 Å². The van der Waals surface area contributed by atoms with Crippen molar-refractivity contribution in [3.63, 3.8) is 0 Å². The molecule has 0 bridgehead atoms. The fourth-order valence-electron chi connectivity index (χ4n) is 1.35.